The third-order valence-electron chi connectivity index (χ3n) is 4.55. The summed E-state index contributed by atoms with van der Waals surface area (Å²) >= 11 is 3.51. The third kappa shape index (κ3) is 1.76. The highest BCUT2D eigenvalue weighted by molar-refractivity contribution is 9.10. The van der Waals surface area contributed by atoms with Gasteiger partial charge in [-0.25, -0.2) is 0 Å². The van der Waals surface area contributed by atoms with E-state index in [0.29, 0.717) is 5.78 Å². The van der Waals surface area contributed by atoms with Crippen molar-refractivity contribution in [3.8, 4) is 0 Å². The van der Waals surface area contributed by atoms with Gasteiger partial charge in [0.05, 0.1) is 6.10 Å². The normalized spacial score (nSPS) is 30.8. The molecule has 3 heteroatoms. The number of carbonyl (C=O) groups excluding carboxylic acids is 1. The van der Waals surface area contributed by atoms with Crippen molar-refractivity contribution in [3.63, 3.8) is 0 Å². The van der Waals surface area contributed by atoms with E-state index >= 15 is 0 Å². The number of ketones is 1. The second kappa shape index (κ2) is 4.17. The highest BCUT2D eigenvalue weighted by Gasteiger charge is 2.47. The molecule has 96 valence electrons. The minimum absolute atomic E-state index is 0.208. The van der Waals surface area contributed by atoms with Crippen LogP contribution in [0.4, 0.5) is 0 Å². The maximum Gasteiger partial charge on any atom is 0.169 e. The van der Waals surface area contributed by atoms with Gasteiger partial charge in [0.1, 0.15) is 0 Å². The van der Waals surface area contributed by atoms with Gasteiger partial charge in [-0.05, 0) is 56.2 Å². The van der Waals surface area contributed by atoms with Crippen molar-refractivity contribution in [2.24, 2.45) is 5.41 Å². The molecule has 1 fully saturated rings. The monoisotopic (exact) mass is 308 g/mol. The van der Waals surface area contributed by atoms with Gasteiger partial charge in [-0.15, -0.1) is 0 Å². The minimum Gasteiger partial charge on any atom is -0.393 e. The Balaban J connectivity index is 1.98. The molecule has 0 amide bonds. The molecule has 1 N–H and O–H groups in total. The molecule has 3 rings (SSSR count). The van der Waals surface area contributed by atoms with Gasteiger partial charge >= 0.3 is 0 Å². The molecule has 0 bridgehead atoms. The summed E-state index contributed by atoms with van der Waals surface area (Å²) in [4.78, 5) is 12.6. The van der Waals surface area contributed by atoms with Crippen LogP contribution in [0, 0.1) is 12.3 Å². The summed E-state index contributed by atoms with van der Waals surface area (Å²) in [5, 5.41) is 9.63. The first-order chi connectivity index (χ1) is 8.52. The first-order valence-corrected chi connectivity index (χ1v) is 7.33. The lowest BCUT2D eigenvalue weighted by Gasteiger charge is -2.33. The van der Waals surface area contributed by atoms with Crippen LogP contribution in [0.1, 0.15) is 47.2 Å². The maximum atomic E-state index is 12.6. The molecule has 0 atom stereocenters. The lowest BCUT2D eigenvalue weighted by molar-refractivity contribution is 0.0513. The summed E-state index contributed by atoms with van der Waals surface area (Å²) in [6.45, 7) is 2.06. The van der Waals surface area contributed by atoms with Gasteiger partial charge < -0.3 is 5.11 Å². The van der Waals surface area contributed by atoms with E-state index in [9.17, 15) is 9.90 Å². The van der Waals surface area contributed by atoms with Gasteiger partial charge in [0.2, 0.25) is 0 Å². The van der Waals surface area contributed by atoms with Crippen LogP contribution >= 0.6 is 15.9 Å². The van der Waals surface area contributed by atoms with Gasteiger partial charge in [-0.2, -0.15) is 0 Å². The van der Waals surface area contributed by atoms with E-state index in [1.807, 2.05) is 6.07 Å². The van der Waals surface area contributed by atoms with Crippen molar-refractivity contribution in [3.05, 3.63) is 33.3 Å². The van der Waals surface area contributed by atoms with Crippen molar-refractivity contribution < 1.29 is 9.90 Å². The van der Waals surface area contributed by atoms with E-state index in [1.165, 1.54) is 11.1 Å². The number of fused-ring (bicyclic) bond motifs is 1. The summed E-state index contributed by atoms with van der Waals surface area (Å²) in [6.07, 6.45) is 3.85. The minimum atomic E-state index is -0.213. The number of carbonyl (C=O) groups is 1. The first-order valence-electron chi connectivity index (χ1n) is 6.54. The Morgan fingerprint density at radius 1 is 1.33 bits per heavy atom. The van der Waals surface area contributed by atoms with E-state index in [0.717, 1.165) is 42.1 Å². The van der Waals surface area contributed by atoms with Crippen LogP contribution in [-0.2, 0) is 6.42 Å². The maximum absolute atomic E-state index is 12.6. The predicted octanol–water partition coefficient (Wildman–Crippen LogP) is 3.42. The summed E-state index contributed by atoms with van der Waals surface area (Å²) in [5.74, 6) is 0.296. The second-order valence-electron chi connectivity index (χ2n) is 5.78. The fourth-order valence-electron chi connectivity index (χ4n) is 3.39. The molecule has 2 aliphatic rings. The molecule has 1 aromatic carbocycles. The Morgan fingerprint density at radius 3 is 2.67 bits per heavy atom. The number of aliphatic hydroxyl groups is 1. The largest absolute Gasteiger partial charge is 0.393 e. The Kier molecular flexibility index (Phi) is 2.87. The summed E-state index contributed by atoms with van der Waals surface area (Å²) in [5.41, 5.74) is 3.06. The highest BCUT2D eigenvalue weighted by Crippen LogP contribution is 2.48. The fraction of sp³-hybridized carbons (Fsp3) is 0.533. The number of rotatable bonds is 0. The van der Waals surface area contributed by atoms with E-state index in [-0.39, 0.29) is 11.5 Å². The van der Waals surface area contributed by atoms with E-state index < -0.39 is 0 Å². The molecule has 0 saturated heterocycles. The molecule has 2 nitrogen and oxygen atoms in total. The lowest BCUT2D eigenvalue weighted by atomic mass is 9.70. The molecule has 0 heterocycles. The standard InChI is InChI=1S/C15H17BrO2/c1-9-6-10-8-15(4-2-11(17)3-5-15)14(18)12(10)7-13(9)16/h6-7,11,17H,2-5,8H2,1H3. The zero-order valence-corrected chi connectivity index (χ0v) is 12.1. The number of Topliss-reactive ketones (excluding diaryl/α,β-unsaturated/α-hetero) is 1. The van der Waals surface area contributed by atoms with Gasteiger partial charge in [-0.1, -0.05) is 22.0 Å². The van der Waals surface area contributed by atoms with E-state index in [4.69, 9.17) is 0 Å². The number of halogens is 1. The van der Waals surface area contributed by atoms with Crippen molar-refractivity contribution in [1.29, 1.82) is 0 Å². The van der Waals surface area contributed by atoms with Crippen LogP contribution in [-0.4, -0.2) is 17.0 Å². The zero-order chi connectivity index (χ0) is 12.9. The Labute approximate surface area is 116 Å². The second-order valence-corrected chi connectivity index (χ2v) is 6.63. The molecular weight excluding hydrogens is 292 g/mol. The molecule has 1 aromatic rings. The Bertz CT molecular complexity index is 513. The topological polar surface area (TPSA) is 37.3 Å². The number of hydrogen-bond acceptors (Lipinski definition) is 2. The van der Waals surface area contributed by atoms with Crippen molar-refractivity contribution in [1.82, 2.24) is 0 Å². The Morgan fingerprint density at radius 2 is 2.00 bits per heavy atom. The van der Waals surface area contributed by atoms with Crippen molar-refractivity contribution >= 4 is 21.7 Å². The molecule has 18 heavy (non-hydrogen) atoms. The fourth-order valence-corrected chi connectivity index (χ4v) is 3.73. The van der Waals surface area contributed by atoms with Crippen LogP contribution in [0.25, 0.3) is 0 Å². The number of aryl methyl sites for hydroxylation is 1. The van der Waals surface area contributed by atoms with E-state index in [1.54, 1.807) is 0 Å². The molecule has 0 radical (unpaired) electrons. The van der Waals surface area contributed by atoms with Gasteiger partial charge in [0.25, 0.3) is 0 Å². The molecular formula is C15H17BrO2. The number of benzene rings is 1. The van der Waals surface area contributed by atoms with Crippen LogP contribution in [0.2, 0.25) is 0 Å². The zero-order valence-electron chi connectivity index (χ0n) is 10.5. The Hall–Kier alpha value is -0.670. The molecule has 1 saturated carbocycles. The quantitative estimate of drug-likeness (QED) is 0.797. The average Bonchev–Trinajstić information content (AvgIpc) is 2.59. The third-order valence-corrected chi connectivity index (χ3v) is 5.41. The number of aliphatic hydroxyl groups excluding tert-OH is 1. The first kappa shape index (κ1) is 12.4. The molecule has 0 unspecified atom stereocenters. The SMILES string of the molecule is Cc1cc2c(cc1Br)C(=O)C1(CCC(O)CC1)C2. The van der Waals surface area contributed by atoms with Crippen LogP contribution < -0.4 is 0 Å². The van der Waals surface area contributed by atoms with Crippen molar-refractivity contribution in [2.45, 2.75) is 45.1 Å². The van der Waals surface area contributed by atoms with Gasteiger partial charge in [0.15, 0.2) is 5.78 Å². The van der Waals surface area contributed by atoms with Crippen LogP contribution in [0.5, 0.6) is 0 Å². The van der Waals surface area contributed by atoms with E-state index in [2.05, 4.69) is 28.9 Å². The van der Waals surface area contributed by atoms with Gasteiger partial charge in [-0.3, -0.25) is 4.79 Å². The summed E-state index contributed by atoms with van der Waals surface area (Å²) < 4.78 is 1.02. The molecule has 0 aliphatic heterocycles. The summed E-state index contributed by atoms with van der Waals surface area (Å²) in [7, 11) is 0. The molecule has 1 spiro atoms. The summed E-state index contributed by atoms with van der Waals surface area (Å²) in [6, 6.07) is 4.11. The lowest BCUT2D eigenvalue weighted by Crippen LogP contribution is -2.34. The van der Waals surface area contributed by atoms with Crippen LogP contribution in [0.3, 0.4) is 0 Å². The predicted molar refractivity (Wildman–Crippen MR) is 73.8 cm³/mol. The highest BCUT2D eigenvalue weighted by atomic mass is 79.9. The smallest absolute Gasteiger partial charge is 0.169 e. The number of hydrogen-bond donors (Lipinski definition) is 1. The van der Waals surface area contributed by atoms with Crippen molar-refractivity contribution in [2.75, 3.05) is 0 Å². The van der Waals surface area contributed by atoms with Gasteiger partial charge in [0, 0.05) is 15.5 Å². The van der Waals surface area contributed by atoms with Crippen LogP contribution in [0.15, 0.2) is 16.6 Å². The average molecular weight is 309 g/mol. The molecule has 0 aromatic heterocycles. The molecule has 2 aliphatic carbocycles.